The highest BCUT2D eigenvalue weighted by Crippen LogP contribution is 2.17. The van der Waals surface area contributed by atoms with Crippen LogP contribution in [0.5, 0.6) is 0 Å². The van der Waals surface area contributed by atoms with Gasteiger partial charge in [0.25, 0.3) is 5.91 Å². The van der Waals surface area contributed by atoms with Gasteiger partial charge in [0.05, 0.1) is 11.9 Å². The number of hydrogen-bond donors (Lipinski definition) is 3. The number of likely N-dealkylation sites (tertiary alicyclic amines) is 1. The van der Waals surface area contributed by atoms with Crippen molar-refractivity contribution in [1.29, 1.82) is 0 Å². The number of amides is 5. The third-order valence-corrected chi connectivity index (χ3v) is 7.47. The zero-order valence-electron chi connectivity index (χ0n) is 24.1. The summed E-state index contributed by atoms with van der Waals surface area (Å²) in [7, 11) is 0. The van der Waals surface area contributed by atoms with E-state index in [1.807, 2.05) is 31.7 Å². The van der Waals surface area contributed by atoms with Gasteiger partial charge in [0, 0.05) is 64.7 Å². The highest BCUT2D eigenvalue weighted by atomic mass is 16.6. The summed E-state index contributed by atoms with van der Waals surface area (Å²) in [6.07, 6.45) is 3.60. The fourth-order valence-electron chi connectivity index (χ4n) is 5.16. The number of imide groups is 1. The van der Waals surface area contributed by atoms with Crippen LogP contribution < -0.4 is 20.9 Å². The van der Waals surface area contributed by atoms with Crippen molar-refractivity contribution >= 4 is 35.4 Å². The average molecular weight is 572 g/mol. The maximum Gasteiger partial charge on any atom is 0.407 e. The minimum Gasteiger partial charge on any atom is -0.444 e. The fraction of sp³-hybridized carbons (Fsp3) is 0.643. The molecule has 13 nitrogen and oxygen atoms in total. The minimum absolute atomic E-state index is 0.0188. The summed E-state index contributed by atoms with van der Waals surface area (Å²) < 4.78 is 5.32. The van der Waals surface area contributed by atoms with Crippen LogP contribution in [0.3, 0.4) is 0 Å². The van der Waals surface area contributed by atoms with E-state index >= 15 is 0 Å². The van der Waals surface area contributed by atoms with Gasteiger partial charge in [0.2, 0.25) is 17.7 Å². The second-order valence-electron chi connectivity index (χ2n) is 11.8. The van der Waals surface area contributed by atoms with Gasteiger partial charge in [0.1, 0.15) is 17.3 Å². The van der Waals surface area contributed by atoms with Crippen LogP contribution in [0.1, 0.15) is 63.4 Å². The molecule has 5 amide bonds. The lowest BCUT2D eigenvalue weighted by Gasteiger charge is -2.36. The van der Waals surface area contributed by atoms with Gasteiger partial charge in [-0.25, -0.2) is 9.78 Å². The SMILES string of the molecule is CC(C)(C)OC(=O)NC1CCN(C(=O)CCN2CCN(c3ccc(C(=O)NC4CCC(=O)NC4=O)nc3)CC2)CC1. The van der Waals surface area contributed by atoms with Crippen molar-refractivity contribution in [3.05, 3.63) is 24.0 Å². The number of pyridine rings is 1. The Morgan fingerprint density at radius 2 is 1.71 bits per heavy atom. The molecule has 3 saturated heterocycles. The average Bonchev–Trinajstić information content (AvgIpc) is 2.93. The number of nitrogens with one attached hydrogen (secondary N) is 3. The zero-order valence-corrected chi connectivity index (χ0v) is 24.1. The number of nitrogens with zero attached hydrogens (tertiary/aromatic N) is 4. The molecule has 4 rings (SSSR count). The number of piperidine rings is 2. The Balaban J connectivity index is 1.14. The van der Waals surface area contributed by atoms with Crippen molar-refractivity contribution in [2.24, 2.45) is 0 Å². The molecule has 4 heterocycles. The summed E-state index contributed by atoms with van der Waals surface area (Å²) in [5, 5.41) is 7.76. The molecule has 224 valence electrons. The van der Waals surface area contributed by atoms with Gasteiger partial charge in [-0.1, -0.05) is 0 Å². The number of carbonyl (C=O) groups is 5. The van der Waals surface area contributed by atoms with E-state index in [0.29, 0.717) is 26.1 Å². The van der Waals surface area contributed by atoms with E-state index < -0.39 is 29.6 Å². The molecule has 0 saturated carbocycles. The molecule has 0 aliphatic carbocycles. The van der Waals surface area contributed by atoms with Crippen LogP contribution in [-0.2, 0) is 19.1 Å². The molecule has 13 heteroatoms. The fourth-order valence-corrected chi connectivity index (χ4v) is 5.16. The highest BCUT2D eigenvalue weighted by molar-refractivity contribution is 6.03. The third kappa shape index (κ3) is 8.87. The summed E-state index contributed by atoms with van der Waals surface area (Å²) in [5.41, 5.74) is 0.577. The van der Waals surface area contributed by atoms with Gasteiger partial charge >= 0.3 is 6.09 Å². The van der Waals surface area contributed by atoms with E-state index in [2.05, 4.69) is 30.7 Å². The molecule has 3 N–H and O–H groups in total. The lowest BCUT2D eigenvalue weighted by Crippen LogP contribution is -2.52. The van der Waals surface area contributed by atoms with Crippen LogP contribution in [0.4, 0.5) is 10.5 Å². The van der Waals surface area contributed by atoms with Gasteiger partial charge in [-0.15, -0.1) is 0 Å². The first-order valence-corrected chi connectivity index (χ1v) is 14.3. The van der Waals surface area contributed by atoms with Crippen LogP contribution in [0.15, 0.2) is 18.3 Å². The second-order valence-corrected chi connectivity index (χ2v) is 11.8. The lowest BCUT2D eigenvalue weighted by molar-refractivity contribution is -0.135. The number of anilines is 1. The first kappa shape index (κ1) is 30.2. The Kier molecular flexibility index (Phi) is 9.79. The molecule has 3 fully saturated rings. The number of alkyl carbamates (subject to hydrolysis) is 1. The van der Waals surface area contributed by atoms with Gasteiger partial charge in [-0.2, -0.15) is 0 Å². The molecule has 41 heavy (non-hydrogen) atoms. The number of piperazine rings is 1. The van der Waals surface area contributed by atoms with Gasteiger partial charge in [-0.05, 0) is 52.2 Å². The van der Waals surface area contributed by atoms with E-state index in [1.165, 1.54) is 0 Å². The molecule has 0 spiro atoms. The summed E-state index contributed by atoms with van der Waals surface area (Å²) in [5.74, 6) is -1.15. The molecule has 1 unspecified atom stereocenters. The third-order valence-electron chi connectivity index (χ3n) is 7.47. The van der Waals surface area contributed by atoms with Crippen molar-refractivity contribution in [3.63, 3.8) is 0 Å². The van der Waals surface area contributed by atoms with E-state index in [1.54, 1.807) is 12.3 Å². The molecule has 1 aromatic heterocycles. The first-order valence-electron chi connectivity index (χ1n) is 14.3. The topological polar surface area (TPSA) is 153 Å². The number of aromatic nitrogens is 1. The van der Waals surface area contributed by atoms with Gasteiger partial charge in [-0.3, -0.25) is 29.4 Å². The summed E-state index contributed by atoms with van der Waals surface area (Å²) >= 11 is 0. The van der Waals surface area contributed by atoms with Crippen molar-refractivity contribution in [2.45, 2.75) is 70.6 Å². The molecular weight excluding hydrogens is 530 g/mol. The minimum atomic E-state index is -0.741. The Morgan fingerprint density at radius 1 is 1.00 bits per heavy atom. The second kappa shape index (κ2) is 13.3. The van der Waals surface area contributed by atoms with Crippen LogP contribution in [0.2, 0.25) is 0 Å². The van der Waals surface area contributed by atoms with Gasteiger partial charge < -0.3 is 25.2 Å². The highest BCUT2D eigenvalue weighted by Gasteiger charge is 2.29. The number of hydrogen-bond acceptors (Lipinski definition) is 9. The molecule has 0 radical (unpaired) electrons. The lowest BCUT2D eigenvalue weighted by atomic mass is 10.0. The number of rotatable bonds is 7. The Hall–Kier alpha value is -3.74. The van der Waals surface area contributed by atoms with Crippen LogP contribution in [-0.4, -0.2) is 108 Å². The first-order chi connectivity index (χ1) is 19.5. The predicted molar refractivity (Wildman–Crippen MR) is 150 cm³/mol. The van der Waals surface area contributed by atoms with Crippen LogP contribution in [0, 0.1) is 0 Å². The van der Waals surface area contributed by atoms with Gasteiger partial charge in [0.15, 0.2) is 0 Å². The van der Waals surface area contributed by atoms with E-state index in [0.717, 1.165) is 44.7 Å². The Morgan fingerprint density at radius 3 is 2.32 bits per heavy atom. The van der Waals surface area contributed by atoms with Crippen molar-refractivity contribution in [3.8, 4) is 0 Å². The Bertz CT molecular complexity index is 1120. The molecule has 0 aromatic carbocycles. The van der Waals surface area contributed by atoms with E-state index in [4.69, 9.17) is 4.74 Å². The smallest absolute Gasteiger partial charge is 0.407 e. The predicted octanol–water partition coefficient (Wildman–Crippen LogP) is 0.644. The normalized spacial score (nSPS) is 20.8. The summed E-state index contributed by atoms with van der Waals surface area (Å²) in [4.78, 5) is 71.1. The number of carbonyl (C=O) groups excluding carboxylic acids is 5. The maximum atomic E-state index is 12.8. The van der Waals surface area contributed by atoms with E-state index in [9.17, 15) is 24.0 Å². The summed E-state index contributed by atoms with van der Waals surface area (Å²) in [6, 6.07) is 2.75. The zero-order chi connectivity index (χ0) is 29.6. The largest absolute Gasteiger partial charge is 0.444 e. The maximum absolute atomic E-state index is 12.8. The van der Waals surface area contributed by atoms with Crippen molar-refractivity contribution in [2.75, 3.05) is 50.7 Å². The summed E-state index contributed by atoms with van der Waals surface area (Å²) in [6.45, 7) is 10.6. The van der Waals surface area contributed by atoms with E-state index in [-0.39, 0.29) is 36.4 Å². The van der Waals surface area contributed by atoms with Crippen LogP contribution in [0.25, 0.3) is 0 Å². The molecule has 0 bridgehead atoms. The van der Waals surface area contributed by atoms with Crippen LogP contribution >= 0.6 is 0 Å². The Labute approximate surface area is 240 Å². The molecule has 3 aliphatic heterocycles. The molecule has 3 aliphatic rings. The molecule has 1 atom stereocenters. The number of ether oxygens (including phenoxy) is 1. The quantitative estimate of drug-likeness (QED) is 0.400. The monoisotopic (exact) mass is 571 g/mol. The standard InChI is InChI=1S/C28H41N7O6/c1-28(2,3)41-27(40)30-19-8-12-35(13-9-19)24(37)10-11-33-14-16-34(17-15-33)20-4-5-21(29-18-20)25(38)31-22-6-7-23(36)32-26(22)39/h4-5,18-19,22H,6-17H2,1-3H3,(H,30,40)(H,31,38)(H,32,36,39). The molecule has 1 aromatic rings. The van der Waals surface area contributed by atoms with Crippen molar-refractivity contribution < 1.29 is 28.7 Å². The molecular formula is C28H41N7O6. The van der Waals surface area contributed by atoms with Crippen molar-refractivity contribution in [1.82, 2.24) is 30.7 Å².